The van der Waals surface area contributed by atoms with Crippen molar-refractivity contribution in [3.8, 4) is 0 Å². The van der Waals surface area contributed by atoms with E-state index in [0.29, 0.717) is 26.2 Å². The Hall–Kier alpha value is -0.650. The first-order chi connectivity index (χ1) is 8.37. The molecule has 0 saturated carbocycles. The van der Waals surface area contributed by atoms with E-state index in [2.05, 4.69) is 5.32 Å². The van der Waals surface area contributed by atoms with Gasteiger partial charge in [-0.15, -0.1) is 0 Å². The largest absolute Gasteiger partial charge is 0.379 e. The number of hydrogen-bond donors (Lipinski definition) is 2. The van der Waals surface area contributed by atoms with Gasteiger partial charge >= 0.3 is 0 Å². The van der Waals surface area contributed by atoms with Gasteiger partial charge in [0.15, 0.2) is 0 Å². The van der Waals surface area contributed by atoms with Gasteiger partial charge in [0.25, 0.3) is 0 Å². The number of carbonyl (C=O) groups is 1. The normalized spacial score (nSPS) is 13.6. The lowest BCUT2D eigenvalue weighted by Gasteiger charge is -2.19. The minimum atomic E-state index is -0.321. The van der Waals surface area contributed by atoms with Gasteiger partial charge in [-0.25, -0.2) is 0 Å². The summed E-state index contributed by atoms with van der Waals surface area (Å²) < 4.78 is 10.9. The summed E-state index contributed by atoms with van der Waals surface area (Å²) in [5.74, 6) is -0.321. The molecule has 1 unspecified atom stereocenters. The molecule has 0 heterocycles. The maximum absolute atomic E-state index is 11.1. The number of rotatable bonds is 10. The van der Waals surface area contributed by atoms with Crippen LogP contribution < -0.4 is 11.1 Å². The number of nitrogens with one attached hydrogen (secondary N) is 1. The predicted molar refractivity (Wildman–Crippen MR) is 72.4 cm³/mol. The molecule has 0 aliphatic carbocycles. The van der Waals surface area contributed by atoms with Crippen molar-refractivity contribution in [2.75, 3.05) is 26.4 Å². The minimum Gasteiger partial charge on any atom is -0.379 e. The highest BCUT2D eigenvalue weighted by Crippen LogP contribution is 2.05. The van der Waals surface area contributed by atoms with Crippen molar-refractivity contribution in [2.24, 2.45) is 5.73 Å². The maximum Gasteiger partial charge on any atom is 0.234 e. The Balaban J connectivity index is 3.58. The molecule has 18 heavy (non-hydrogen) atoms. The number of primary amides is 1. The lowest BCUT2D eigenvalue weighted by Crippen LogP contribution is -2.42. The van der Waals surface area contributed by atoms with Crippen molar-refractivity contribution in [2.45, 2.75) is 52.2 Å². The van der Waals surface area contributed by atoms with E-state index in [1.165, 1.54) is 0 Å². The minimum absolute atomic E-state index is 0.137. The molecule has 3 N–H and O–H groups in total. The summed E-state index contributed by atoms with van der Waals surface area (Å²) in [5.41, 5.74) is 5.16. The van der Waals surface area contributed by atoms with E-state index in [4.69, 9.17) is 15.2 Å². The van der Waals surface area contributed by atoms with Crippen LogP contribution in [0.25, 0.3) is 0 Å². The smallest absolute Gasteiger partial charge is 0.234 e. The van der Waals surface area contributed by atoms with Crippen LogP contribution in [-0.4, -0.2) is 43.9 Å². The quantitative estimate of drug-likeness (QED) is 0.576. The molecular weight excluding hydrogens is 232 g/mol. The Bertz CT molecular complexity index is 227. The van der Waals surface area contributed by atoms with Crippen molar-refractivity contribution < 1.29 is 14.3 Å². The fourth-order valence-corrected chi connectivity index (χ4v) is 1.37. The van der Waals surface area contributed by atoms with Gasteiger partial charge in [0, 0.05) is 6.61 Å². The van der Waals surface area contributed by atoms with Crippen molar-refractivity contribution in [3.05, 3.63) is 0 Å². The molecular formula is C13H28N2O3. The Morgan fingerprint density at radius 1 is 1.28 bits per heavy atom. The molecule has 0 rings (SSSR count). The second-order valence-electron chi connectivity index (χ2n) is 5.27. The Labute approximate surface area is 110 Å². The highest BCUT2D eigenvalue weighted by molar-refractivity contribution is 5.79. The Kier molecular flexibility index (Phi) is 8.97. The molecule has 0 aromatic heterocycles. The summed E-state index contributed by atoms with van der Waals surface area (Å²) in [6, 6.07) is -0.298. The lowest BCUT2D eigenvalue weighted by molar-refractivity contribution is -0.120. The SMILES string of the molecule is CCCNC(CCOCCOC(C)(C)C)C(N)=O. The number of carbonyl (C=O) groups excluding carboxylic acids is 1. The molecule has 0 fully saturated rings. The lowest BCUT2D eigenvalue weighted by atomic mass is 10.2. The number of nitrogens with two attached hydrogens (primary N) is 1. The van der Waals surface area contributed by atoms with Crippen molar-refractivity contribution in [3.63, 3.8) is 0 Å². The molecule has 5 heteroatoms. The molecule has 0 aromatic rings. The van der Waals surface area contributed by atoms with Crippen LogP contribution in [0.3, 0.4) is 0 Å². The predicted octanol–water partition coefficient (Wildman–Crippen LogP) is 1.06. The fourth-order valence-electron chi connectivity index (χ4n) is 1.37. The zero-order valence-electron chi connectivity index (χ0n) is 12.1. The summed E-state index contributed by atoms with van der Waals surface area (Å²) in [6.07, 6.45) is 1.58. The van der Waals surface area contributed by atoms with Crippen LogP contribution in [0.4, 0.5) is 0 Å². The van der Waals surface area contributed by atoms with Crippen LogP contribution in [0.1, 0.15) is 40.5 Å². The summed E-state index contributed by atoms with van der Waals surface area (Å²) in [5, 5.41) is 3.10. The van der Waals surface area contributed by atoms with Gasteiger partial charge in [0.05, 0.1) is 24.9 Å². The molecule has 0 radical (unpaired) electrons. The molecule has 0 aromatic carbocycles. The van der Waals surface area contributed by atoms with Crippen molar-refractivity contribution in [1.82, 2.24) is 5.32 Å². The van der Waals surface area contributed by atoms with E-state index in [9.17, 15) is 4.79 Å². The molecule has 0 aliphatic heterocycles. The number of ether oxygens (including phenoxy) is 2. The second-order valence-corrected chi connectivity index (χ2v) is 5.27. The molecule has 1 amide bonds. The molecule has 0 saturated heterocycles. The molecule has 0 bridgehead atoms. The molecule has 0 spiro atoms. The summed E-state index contributed by atoms with van der Waals surface area (Å²) >= 11 is 0. The van der Waals surface area contributed by atoms with E-state index in [1.807, 2.05) is 27.7 Å². The van der Waals surface area contributed by atoms with Gasteiger partial charge in [-0.2, -0.15) is 0 Å². The third-order valence-corrected chi connectivity index (χ3v) is 2.30. The fraction of sp³-hybridized carbons (Fsp3) is 0.923. The Morgan fingerprint density at radius 2 is 1.94 bits per heavy atom. The standard InChI is InChI=1S/C13H28N2O3/c1-5-7-15-11(12(14)16)6-8-17-9-10-18-13(2,3)4/h11,15H,5-10H2,1-4H3,(H2,14,16). The highest BCUT2D eigenvalue weighted by Gasteiger charge is 2.13. The van der Waals surface area contributed by atoms with Crippen LogP contribution in [0.2, 0.25) is 0 Å². The van der Waals surface area contributed by atoms with Crippen LogP contribution in [0, 0.1) is 0 Å². The Morgan fingerprint density at radius 3 is 2.44 bits per heavy atom. The van der Waals surface area contributed by atoms with Gasteiger partial charge in [-0.05, 0) is 40.2 Å². The van der Waals surface area contributed by atoms with Crippen LogP contribution in [0.15, 0.2) is 0 Å². The average molecular weight is 260 g/mol. The molecule has 5 nitrogen and oxygen atoms in total. The first kappa shape index (κ1) is 17.4. The highest BCUT2D eigenvalue weighted by atomic mass is 16.5. The van der Waals surface area contributed by atoms with Gasteiger partial charge < -0.3 is 20.5 Å². The molecule has 108 valence electrons. The summed E-state index contributed by atoms with van der Waals surface area (Å²) in [7, 11) is 0. The topological polar surface area (TPSA) is 73.6 Å². The van der Waals surface area contributed by atoms with Gasteiger partial charge in [0.1, 0.15) is 0 Å². The van der Waals surface area contributed by atoms with E-state index in [-0.39, 0.29) is 17.6 Å². The number of hydrogen-bond acceptors (Lipinski definition) is 4. The van der Waals surface area contributed by atoms with Crippen molar-refractivity contribution >= 4 is 5.91 Å². The van der Waals surface area contributed by atoms with Crippen LogP contribution in [-0.2, 0) is 14.3 Å². The van der Waals surface area contributed by atoms with Gasteiger partial charge in [-0.1, -0.05) is 6.92 Å². The summed E-state index contributed by atoms with van der Waals surface area (Å²) in [4.78, 5) is 11.1. The molecule has 0 aliphatic rings. The van der Waals surface area contributed by atoms with E-state index < -0.39 is 0 Å². The van der Waals surface area contributed by atoms with Crippen molar-refractivity contribution in [1.29, 1.82) is 0 Å². The van der Waals surface area contributed by atoms with E-state index in [0.717, 1.165) is 13.0 Å². The maximum atomic E-state index is 11.1. The zero-order valence-corrected chi connectivity index (χ0v) is 12.1. The second kappa shape index (κ2) is 9.30. The summed E-state index contributed by atoms with van der Waals surface area (Å²) in [6.45, 7) is 10.5. The van der Waals surface area contributed by atoms with Gasteiger partial charge in [-0.3, -0.25) is 4.79 Å². The number of amides is 1. The third kappa shape index (κ3) is 10.5. The zero-order chi connectivity index (χ0) is 14.0. The van der Waals surface area contributed by atoms with E-state index >= 15 is 0 Å². The first-order valence-electron chi connectivity index (χ1n) is 6.61. The average Bonchev–Trinajstić information content (AvgIpc) is 2.25. The first-order valence-corrected chi connectivity index (χ1v) is 6.61. The third-order valence-electron chi connectivity index (χ3n) is 2.30. The van der Waals surface area contributed by atoms with Crippen LogP contribution >= 0.6 is 0 Å². The molecule has 1 atom stereocenters. The monoisotopic (exact) mass is 260 g/mol. The van der Waals surface area contributed by atoms with Crippen LogP contribution in [0.5, 0.6) is 0 Å². The van der Waals surface area contributed by atoms with E-state index in [1.54, 1.807) is 0 Å². The van der Waals surface area contributed by atoms with Gasteiger partial charge in [0.2, 0.25) is 5.91 Å².